The van der Waals surface area contributed by atoms with Gasteiger partial charge in [0.25, 0.3) is 0 Å². The second-order valence-corrected chi connectivity index (χ2v) is 15.8. The minimum Gasteiger partial charge on any atom is -0.496 e. The molecule has 0 saturated carbocycles. The molecule has 1 atom stereocenters. The van der Waals surface area contributed by atoms with Crippen LogP contribution in [0, 0.1) is 0 Å². The molecule has 1 unspecified atom stereocenters. The van der Waals surface area contributed by atoms with Crippen molar-refractivity contribution in [1.29, 1.82) is 0 Å². The molecule has 0 bridgehead atoms. The number of ether oxygens (including phenoxy) is 5. The number of carbonyl (C=O) groups excluding carboxylic acids is 1. The zero-order valence-corrected chi connectivity index (χ0v) is 29.3. The van der Waals surface area contributed by atoms with Crippen LogP contribution in [0.5, 0.6) is 28.7 Å². The van der Waals surface area contributed by atoms with Gasteiger partial charge in [0.1, 0.15) is 25.1 Å². The van der Waals surface area contributed by atoms with Gasteiger partial charge in [-0.2, -0.15) is 0 Å². The van der Waals surface area contributed by atoms with Crippen molar-refractivity contribution >= 4 is 20.2 Å². The molecule has 7 nitrogen and oxygen atoms in total. The SMILES string of the molecule is CC[Si](CC)(CC)OC(C(=O)/C=C/c1cccc(OC)c1OCc1ccccc1)c1c(OC)ccc(OC)c1OCc1ccccc1. The van der Waals surface area contributed by atoms with Gasteiger partial charge in [-0.15, -0.1) is 0 Å². The maximum atomic E-state index is 14.5. The van der Waals surface area contributed by atoms with Crippen molar-refractivity contribution in [3.63, 3.8) is 0 Å². The van der Waals surface area contributed by atoms with Gasteiger partial charge >= 0.3 is 0 Å². The first-order valence-electron chi connectivity index (χ1n) is 16.1. The van der Waals surface area contributed by atoms with Gasteiger partial charge in [0.05, 0.1) is 26.9 Å². The van der Waals surface area contributed by atoms with E-state index in [1.165, 1.54) is 0 Å². The highest BCUT2D eigenvalue weighted by molar-refractivity contribution is 6.73. The summed E-state index contributed by atoms with van der Waals surface area (Å²) in [6.45, 7) is 7.04. The summed E-state index contributed by atoms with van der Waals surface area (Å²) in [4.78, 5) is 14.5. The molecule has 0 fully saturated rings. The summed E-state index contributed by atoms with van der Waals surface area (Å²) in [7, 11) is 2.43. The molecule has 0 aromatic heterocycles. The van der Waals surface area contributed by atoms with Crippen LogP contribution in [0.1, 0.15) is 49.1 Å². The third-order valence-electron chi connectivity index (χ3n) is 8.49. The fourth-order valence-corrected chi connectivity index (χ4v) is 8.24. The summed E-state index contributed by atoms with van der Waals surface area (Å²) in [5.41, 5.74) is 3.21. The summed E-state index contributed by atoms with van der Waals surface area (Å²) in [5, 5.41) is 0. The first-order valence-corrected chi connectivity index (χ1v) is 18.6. The van der Waals surface area contributed by atoms with Crippen LogP contribution in [-0.4, -0.2) is 35.4 Å². The number of para-hydroxylation sites is 1. The van der Waals surface area contributed by atoms with Crippen molar-refractivity contribution in [2.75, 3.05) is 21.3 Å². The minimum atomic E-state index is -2.33. The number of methoxy groups -OCH3 is 3. The maximum Gasteiger partial charge on any atom is 0.193 e. The van der Waals surface area contributed by atoms with E-state index in [1.807, 2.05) is 78.9 Å². The van der Waals surface area contributed by atoms with Crippen LogP contribution in [0.15, 0.2) is 97.1 Å². The Hall–Kier alpha value is -4.53. The van der Waals surface area contributed by atoms with Crippen molar-refractivity contribution in [3.8, 4) is 28.7 Å². The number of ketones is 1. The minimum absolute atomic E-state index is 0.245. The molecule has 4 aromatic carbocycles. The Balaban J connectivity index is 1.78. The molecule has 0 amide bonds. The van der Waals surface area contributed by atoms with Crippen molar-refractivity contribution in [3.05, 3.63) is 119 Å². The molecule has 0 aliphatic rings. The van der Waals surface area contributed by atoms with E-state index < -0.39 is 14.4 Å². The third kappa shape index (κ3) is 8.84. The lowest BCUT2D eigenvalue weighted by Gasteiger charge is -2.33. The quantitative estimate of drug-likeness (QED) is 0.0782. The first-order chi connectivity index (χ1) is 22.9. The van der Waals surface area contributed by atoms with Gasteiger partial charge in [-0.25, -0.2) is 0 Å². The molecule has 0 N–H and O–H groups in total. The highest BCUT2D eigenvalue weighted by atomic mass is 28.4. The van der Waals surface area contributed by atoms with E-state index in [0.717, 1.165) is 29.3 Å². The van der Waals surface area contributed by atoms with Crippen molar-refractivity contribution < 1.29 is 32.9 Å². The van der Waals surface area contributed by atoms with Crippen LogP contribution in [-0.2, 0) is 22.4 Å². The van der Waals surface area contributed by atoms with Crippen molar-refractivity contribution in [2.45, 2.75) is 58.2 Å². The Morgan fingerprint density at radius 1 is 0.638 bits per heavy atom. The fraction of sp³-hybridized carbons (Fsp3) is 0.308. The molecule has 4 aromatic rings. The van der Waals surface area contributed by atoms with Crippen LogP contribution in [0.2, 0.25) is 18.1 Å². The molecule has 0 heterocycles. The van der Waals surface area contributed by atoms with E-state index in [4.69, 9.17) is 28.1 Å². The van der Waals surface area contributed by atoms with Crippen molar-refractivity contribution in [1.82, 2.24) is 0 Å². The van der Waals surface area contributed by atoms with Gasteiger partial charge in [0.2, 0.25) is 0 Å². The van der Waals surface area contributed by atoms with Gasteiger partial charge in [0.15, 0.2) is 37.1 Å². The molecule has 4 rings (SSSR count). The van der Waals surface area contributed by atoms with Crippen LogP contribution < -0.4 is 23.7 Å². The van der Waals surface area contributed by atoms with Crippen LogP contribution >= 0.6 is 0 Å². The molecule has 0 aliphatic carbocycles. The van der Waals surface area contributed by atoms with Crippen LogP contribution in [0.3, 0.4) is 0 Å². The van der Waals surface area contributed by atoms with Crippen LogP contribution in [0.25, 0.3) is 6.08 Å². The average Bonchev–Trinajstić information content (AvgIpc) is 3.13. The van der Waals surface area contributed by atoms with Gasteiger partial charge in [0, 0.05) is 5.56 Å². The summed E-state index contributed by atoms with van der Waals surface area (Å²) in [6.07, 6.45) is 2.31. The summed E-state index contributed by atoms with van der Waals surface area (Å²) in [6, 6.07) is 31.5. The second kappa shape index (κ2) is 17.4. The monoisotopic (exact) mass is 654 g/mol. The largest absolute Gasteiger partial charge is 0.496 e. The van der Waals surface area contributed by atoms with Gasteiger partial charge in [-0.3, -0.25) is 4.79 Å². The predicted molar refractivity (Wildman–Crippen MR) is 189 cm³/mol. The number of benzene rings is 4. The normalized spacial score (nSPS) is 12.0. The number of carbonyl (C=O) groups is 1. The smallest absolute Gasteiger partial charge is 0.193 e. The second-order valence-electron chi connectivity index (χ2n) is 11.1. The number of hydrogen-bond donors (Lipinski definition) is 0. The molecule has 8 heteroatoms. The summed E-state index contributed by atoms with van der Waals surface area (Å²) >= 11 is 0. The Bertz CT molecular complexity index is 1590. The van der Waals surface area contributed by atoms with Crippen LogP contribution in [0.4, 0.5) is 0 Å². The molecule has 248 valence electrons. The molecular weight excluding hydrogens is 609 g/mol. The molecule has 0 saturated heterocycles. The van der Waals surface area contributed by atoms with Gasteiger partial charge in [-0.05, 0) is 59.6 Å². The molecule has 0 aliphatic heterocycles. The molecule has 0 radical (unpaired) electrons. The van der Waals surface area contributed by atoms with E-state index in [9.17, 15) is 4.79 Å². The zero-order valence-electron chi connectivity index (χ0n) is 28.3. The Kier molecular flexibility index (Phi) is 13.1. The molecule has 0 spiro atoms. The lowest BCUT2D eigenvalue weighted by atomic mass is 10.0. The Morgan fingerprint density at radius 3 is 1.68 bits per heavy atom. The highest BCUT2D eigenvalue weighted by Crippen LogP contribution is 2.45. The summed E-state index contributed by atoms with van der Waals surface area (Å²) in [5.74, 6) is 2.27. The highest BCUT2D eigenvalue weighted by Gasteiger charge is 2.38. The molecular formula is C39H46O7Si. The van der Waals surface area contributed by atoms with Crippen molar-refractivity contribution in [2.24, 2.45) is 0 Å². The predicted octanol–water partition coefficient (Wildman–Crippen LogP) is 9.22. The average molecular weight is 655 g/mol. The standard InChI is InChI=1S/C39H46O7Si/c1-7-47(8-2,9-3)46-38(36-33(41-4)25-26-35(43-6)39(36)45-28-30-19-14-11-15-20-30)32(40)24-23-31-21-16-22-34(42-5)37(31)44-27-29-17-12-10-13-18-29/h10-26,38H,7-9,27-28H2,1-6H3/b24-23+. The maximum absolute atomic E-state index is 14.5. The Labute approximate surface area is 280 Å². The van der Waals surface area contributed by atoms with Gasteiger partial charge in [-0.1, -0.05) is 93.6 Å². The fourth-order valence-electron chi connectivity index (χ4n) is 5.50. The number of rotatable bonds is 18. The van der Waals surface area contributed by atoms with E-state index in [2.05, 4.69) is 20.8 Å². The lowest BCUT2D eigenvalue weighted by Crippen LogP contribution is -2.39. The third-order valence-corrected chi connectivity index (χ3v) is 13.1. The molecule has 47 heavy (non-hydrogen) atoms. The number of hydrogen-bond acceptors (Lipinski definition) is 7. The zero-order chi connectivity index (χ0) is 33.6. The summed E-state index contributed by atoms with van der Waals surface area (Å²) < 4.78 is 36.9. The van der Waals surface area contributed by atoms with Gasteiger partial charge < -0.3 is 28.1 Å². The Morgan fingerprint density at radius 2 is 1.15 bits per heavy atom. The van der Waals surface area contributed by atoms with E-state index in [0.29, 0.717) is 46.5 Å². The lowest BCUT2D eigenvalue weighted by molar-refractivity contribution is -0.121. The van der Waals surface area contributed by atoms with E-state index in [1.54, 1.807) is 45.6 Å². The van der Waals surface area contributed by atoms with E-state index in [-0.39, 0.29) is 12.4 Å². The first kappa shape index (κ1) is 35.3. The topological polar surface area (TPSA) is 72.5 Å². The van der Waals surface area contributed by atoms with E-state index >= 15 is 0 Å².